The van der Waals surface area contributed by atoms with E-state index in [1.165, 1.54) is 0 Å². The molecule has 9 heteroatoms. The van der Waals surface area contributed by atoms with Crippen molar-refractivity contribution in [2.45, 2.75) is 0 Å². The highest BCUT2D eigenvalue weighted by Crippen LogP contribution is 2.13. The topological polar surface area (TPSA) is 107 Å². The molecule has 0 saturated carbocycles. The third kappa shape index (κ3) is 4.52. The first-order valence-corrected chi connectivity index (χ1v) is 5.24. The highest BCUT2D eigenvalue weighted by molar-refractivity contribution is 5.93. The van der Waals surface area contributed by atoms with Crippen molar-refractivity contribution in [3.05, 3.63) is 29.8 Å². The molecule has 2 amide bonds. The van der Waals surface area contributed by atoms with Crippen molar-refractivity contribution in [1.82, 2.24) is 4.90 Å². The lowest BCUT2D eigenvalue weighted by Crippen LogP contribution is -2.41. The Morgan fingerprint density at radius 2 is 1.60 bits per heavy atom. The Labute approximate surface area is 111 Å². The Morgan fingerprint density at radius 3 is 2.05 bits per heavy atom. The number of nitrogens with one attached hydrogen (secondary N) is 1. The van der Waals surface area contributed by atoms with Crippen molar-refractivity contribution >= 4 is 23.7 Å². The number of carbonyl (C=O) groups is 3. The molecule has 1 aromatic carbocycles. The van der Waals surface area contributed by atoms with E-state index in [1.807, 2.05) is 0 Å². The van der Waals surface area contributed by atoms with E-state index in [1.54, 1.807) is 0 Å². The van der Waals surface area contributed by atoms with Crippen LogP contribution in [0.5, 0.6) is 0 Å². The van der Waals surface area contributed by atoms with Crippen molar-refractivity contribution < 1.29 is 33.4 Å². The first-order chi connectivity index (χ1) is 9.29. The van der Waals surface area contributed by atoms with Gasteiger partial charge in [0.25, 0.3) is 0 Å². The molecular weight excluding hydrogens is 278 g/mol. The average Bonchev–Trinajstić information content (AvgIpc) is 2.32. The second-order valence-corrected chi connectivity index (χ2v) is 3.70. The van der Waals surface area contributed by atoms with Crippen LogP contribution in [0.1, 0.15) is 0 Å². The van der Waals surface area contributed by atoms with E-state index in [0.717, 1.165) is 12.1 Å². The summed E-state index contributed by atoms with van der Waals surface area (Å²) in [5.74, 6) is -5.14. The molecule has 0 aromatic heterocycles. The molecule has 0 radical (unpaired) electrons. The van der Waals surface area contributed by atoms with E-state index < -0.39 is 42.7 Å². The molecule has 0 bridgehead atoms. The highest BCUT2D eigenvalue weighted by Gasteiger charge is 2.20. The maximum Gasteiger partial charge on any atom is 0.323 e. The molecule has 3 N–H and O–H groups in total. The molecule has 1 aromatic rings. The number of aliphatic carboxylic acids is 2. The number of carboxylic acids is 2. The smallest absolute Gasteiger partial charge is 0.323 e. The Kier molecular flexibility index (Phi) is 4.95. The van der Waals surface area contributed by atoms with Gasteiger partial charge in [-0.05, 0) is 12.1 Å². The van der Waals surface area contributed by atoms with Gasteiger partial charge in [-0.15, -0.1) is 0 Å². The third-order valence-corrected chi connectivity index (χ3v) is 2.11. The van der Waals surface area contributed by atoms with Gasteiger partial charge in [0, 0.05) is 11.8 Å². The second-order valence-electron chi connectivity index (χ2n) is 3.70. The molecule has 7 nitrogen and oxygen atoms in total. The van der Waals surface area contributed by atoms with Crippen LogP contribution in [-0.2, 0) is 9.59 Å². The first-order valence-electron chi connectivity index (χ1n) is 5.24. The normalized spacial score (nSPS) is 9.90. The molecule has 0 unspecified atom stereocenters. The van der Waals surface area contributed by atoms with Gasteiger partial charge in [0.05, 0.1) is 0 Å². The summed E-state index contributed by atoms with van der Waals surface area (Å²) < 4.78 is 25.6. The van der Waals surface area contributed by atoms with Crippen LogP contribution in [0.15, 0.2) is 18.2 Å². The van der Waals surface area contributed by atoms with E-state index >= 15 is 0 Å². The number of carboxylic acid groups (broad SMARTS) is 2. The minimum Gasteiger partial charge on any atom is -0.480 e. The SMILES string of the molecule is O=C(O)CN(CC(=O)O)C(=O)Nc1ccc(F)c(F)c1. The number of halogens is 2. The Hall–Kier alpha value is -2.71. The number of benzene rings is 1. The standard InChI is InChI=1S/C11H10F2N2O5/c12-7-2-1-6(3-8(7)13)14-11(20)15(4-9(16)17)5-10(18)19/h1-3H,4-5H2,(H,14,20)(H,16,17)(H,18,19). The lowest BCUT2D eigenvalue weighted by atomic mass is 10.3. The largest absolute Gasteiger partial charge is 0.480 e. The van der Waals surface area contributed by atoms with Gasteiger partial charge in [0.15, 0.2) is 11.6 Å². The van der Waals surface area contributed by atoms with Crippen LogP contribution in [0.2, 0.25) is 0 Å². The number of amides is 2. The average molecular weight is 288 g/mol. The van der Waals surface area contributed by atoms with E-state index in [-0.39, 0.29) is 5.69 Å². The maximum absolute atomic E-state index is 12.9. The number of hydrogen-bond acceptors (Lipinski definition) is 3. The zero-order valence-corrected chi connectivity index (χ0v) is 9.97. The fourth-order valence-corrected chi connectivity index (χ4v) is 1.30. The molecule has 0 aliphatic rings. The summed E-state index contributed by atoms with van der Waals surface area (Å²) in [6.45, 7) is -1.69. The predicted octanol–water partition coefficient (Wildman–Crippen LogP) is 0.968. The number of hydrogen-bond donors (Lipinski definition) is 3. The molecule has 0 saturated heterocycles. The quantitative estimate of drug-likeness (QED) is 0.748. The van der Waals surface area contributed by atoms with E-state index in [0.29, 0.717) is 11.0 Å². The van der Waals surface area contributed by atoms with Crippen LogP contribution in [-0.4, -0.2) is 46.2 Å². The van der Waals surface area contributed by atoms with E-state index in [2.05, 4.69) is 5.32 Å². The molecule has 0 atom stereocenters. The molecule has 1 rings (SSSR count). The lowest BCUT2D eigenvalue weighted by molar-refractivity contribution is -0.140. The highest BCUT2D eigenvalue weighted by atomic mass is 19.2. The minimum absolute atomic E-state index is 0.130. The summed E-state index contributed by atoms with van der Waals surface area (Å²) >= 11 is 0. The number of rotatable bonds is 5. The first kappa shape index (κ1) is 15.3. The van der Waals surface area contributed by atoms with Crippen LogP contribution < -0.4 is 5.32 Å². The second kappa shape index (κ2) is 6.45. The predicted molar refractivity (Wildman–Crippen MR) is 62.2 cm³/mol. The van der Waals surface area contributed by atoms with E-state index in [4.69, 9.17) is 10.2 Å². The Morgan fingerprint density at radius 1 is 1.05 bits per heavy atom. The maximum atomic E-state index is 12.9. The van der Waals surface area contributed by atoms with Gasteiger partial charge in [0.1, 0.15) is 13.1 Å². The van der Waals surface area contributed by atoms with E-state index in [9.17, 15) is 23.2 Å². The third-order valence-electron chi connectivity index (χ3n) is 2.11. The van der Waals surface area contributed by atoms with Crippen LogP contribution in [0, 0.1) is 11.6 Å². The molecule has 0 aliphatic heterocycles. The minimum atomic E-state index is -1.41. The van der Waals surface area contributed by atoms with Gasteiger partial charge in [-0.25, -0.2) is 13.6 Å². The molecule has 0 fully saturated rings. The molecule has 0 heterocycles. The van der Waals surface area contributed by atoms with Crippen molar-refractivity contribution in [2.75, 3.05) is 18.4 Å². The summed E-state index contributed by atoms with van der Waals surface area (Å²) in [6, 6.07) is 1.45. The van der Waals surface area contributed by atoms with Crippen LogP contribution in [0.3, 0.4) is 0 Å². The van der Waals surface area contributed by atoms with Crippen LogP contribution in [0.4, 0.5) is 19.3 Å². The summed E-state index contributed by atoms with van der Waals surface area (Å²) in [5.41, 5.74) is -0.130. The van der Waals surface area contributed by atoms with Crippen molar-refractivity contribution in [1.29, 1.82) is 0 Å². The van der Waals surface area contributed by atoms with Crippen molar-refractivity contribution in [3.8, 4) is 0 Å². The lowest BCUT2D eigenvalue weighted by Gasteiger charge is -2.19. The monoisotopic (exact) mass is 288 g/mol. The fraction of sp³-hybridized carbons (Fsp3) is 0.182. The van der Waals surface area contributed by atoms with Gasteiger partial charge in [-0.1, -0.05) is 0 Å². The molecule has 0 spiro atoms. The van der Waals surface area contributed by atoms with Gasteiger partial charge >= 0.3 is 18.0 Å². The zero-order valence-electron chi connectivity index (χ0n) is 9.97. The van der Waals surface area contributed by atoms with Crippen molar-refractivity contribution in [2.24, 2.45) is 0 Å². The molecule has 20 heavy (non-hydrogen) atoms. The molecule has 0 aliphatic carbocycles. The van der Waals surface area contributed by atoms with Crippen LogP contribution in [0.25, 0.3) is 0 Å². The summed E-state index contributed by atoms with van der Waals surface area (Å²) in [4.78, 5) is 33.2. The van der Waals surface area contributed by atoms with Crippen molar-refractivity contribution in [3.63, 3.8) is 0 Å². The fourth-order valence-electron chi connectivity index (χ4n) is 1.30. The number of urea groups is 1. The van der Waals surface area contributed by atoms with Gasteiger partial charge < -0.3 is 20.4 Å². The van der Waals surface area contributed by atoms with Crippen LogP contribution >= 0.6 is 0 Å². The number of nitrogens with zero attached hydrogens (tertiary/aromatic N) is 1. The zero-order chi connectivity index (χ0) is 15.3. The Balaban J connectivity index is 2.81. The van der Waals surface area contributed by atoms with Gasteiger partial charge in [-0.3, -0.25) is 9.59 Å². The number of anilines is 1. The summed E-state index contributed by atoms with van der Waals surface area (Å²) in [6.07, 6.45) is 0. The Bertz CT molecular complexity index is 534. The molecule has 108 valence electrons. The summed E-state index contributed by atoms with van der Waals surface area (Å²) in [7, 11) is 0. The molecular formula is C11H10F2N2O5. The number of carbonyl (C=O) groups excluding carboxylic acids is 1. The van der Waals surface area contributed by atoms with Gasteiger partial charge in [0.2, 0.25) is 0 Å². The van der Waals surface area contributed by atoms with Gasteiger partial charge in [-0.2, -0.15) is 0 Å². The summed E-state index contributed by atoms with van der Waals surface area (Å²) in [5, 5.41) is 19.2.